The van der Waals surface area contributed by atoms with Gasteiger partial charge in [-0.2, -0.15) is 0 Å². The predicted octanol–water partition coefficient (Wildman–Crippen LogP) is 17.1. The van der Waals surface area contributed by atoms with Gasteiger partial charge in [-0.1, -0.05) is 315 Å². The fraction of sp³-hybridized carbons (Fsp3) is 0.941. The van der Waals surface area contributed by atoms with Crippen molar-refractivity contribution in [3.63, 3.8) is 0 Å². The van der Waals surface area contributed by atoms with Gasteiger partial charge in [-0.3, -0.25) is 9.59 Å². The third kappa shape index (κ3) is 47.5. The van der Waals surface area contributed by atoms with Gasteiger partial charge in [0, 0.05) is 12.8 Å². The molecule has 11 nitrogen and oxygen atoms in total. The van der Waals surface area contributed by atoms with E-state index in [2.05, 4.69) is 19.2 Å². The van der Waals surface area contributed by atoms with Gasteiger partial charge in [0.2, 0.25) is 5.91 Å². The molecule has 1 fully saturated rings. The van der Waals surface area contributed by atoms with Crippen molar-refractivity contribution in [3.05, 3.63) is 12.2 Å². The number of amides is 1. The summed E-state index contributed by atoms with van der Waals surface area (Å²) in [4.78, 5) is 25.1. The molecular weight excluding hydrogens is 991 g/mol. The molecule has 0 aliphatic carbocycles. The Morgan fingerprint density at radius 3 is 1.18 bits per heavy atom. The van der Waals surface area contributed by atoms with Crippen LogP contribution in [-0.4, -0.2) is 100 Å². The van der Waals surface area contributed by atoms with Crippen molar-refractivity contribution in [2.45, 2.75) is 391 Å². The number of allylic oxidation sites excluding steroid dienone is 1. The number of carbonyl (C=O) groups excluding carboxylic acids is 2. The summed E-state index contributed by atoms with van der Waals surface area (Å²) in [5.74, 6) is -0.171. The summed E-state index contributed by atoms with van der Waals surface area (Å²) in [6.45, 7) is 4.35. The normalized spacial score (nSPS) is 18.4. The minimum absolute atomic E-state index is 0.00947. The molecule has 7 atom stereocenters. The SMILES string of the molecule is CCCCCCCCC/C=C/C(O)C(COC1OC(CO)C(O)C(O)C1O)NC(=O)CCCCCCCCCCCCCCCCCCCCCCCCCCOC(=O)CCCCCCCCCCCCCCCCCCCC. The van der Waals surface area contributed by atoms with Gasteiger partial charge in [0.25, 0.3) is 0 Å². The first-order valence-electron chi connectivity index (χ1n) is 34.5. The van der Waals surface area contributed by atoms with E-state index in [1.807, 2.05) is 6.08 Å². The summed E-state index contributed by atoms with van der Waals surface area (Å²) in [6.07, 6.45) is 60.7. The van der Waals surface area contributed by atoms with E-state index in [0.29, 0.717) is 19.4 Å². The van der Waals surface area contributed by atoms with Crippen LogP contribution in [-0.2, 0) is 23.8 Å². The Balaban J connectivity index is 1.91. The molecule has 0 aromatic carbocycles. The van der Waals surface area contributed by atoms with Crippen LogP contribution in [0.5, 0.6) is 0 Å². The van der Waals surface area contributed by atoms with Crippen molar-refractivity contribution in [2.75, 3.05) is 19.8 Å². The first kappa shape index (κ1) is 75.4. The quantitative estimate of drug-likeness (QED) is 0.0195. The van der Waals surface area contributed by atoms with Crippen molar-refractivity contribution in [1.29, 1.82) is 0 Å². The molecule has 0 radical (unpaired) electrons. The first-order valence-corrected chi connectivity index (χ1v) is 34.5. The van der Waals surface area contributed by atoms with Crippen LogP contribution < -0.4 is 5.32 Å². The second kappa shape index (κ2) is 58.2. The average molecular weight is 1120 g/mol. The summed E-state index contributed by atoms with van der Waals surface area (Å²) in [6, 6.07) is -0.807. The fourth-order valence-electron chi connectivity index (χ4n) is 11.2. The number of hydrogen-bond acceptors (Lipinski definition) is 10. The number of nitrogens with one attached hydrogen (secondary N) is 1. The lowest BCUT2D eigenvalue weighted by Crippen LogP contribution is -2.60. The van der Waals surface area contributed by atoms with Gasteiger partial charge in [-0.15, -0.1) is 0 Å². The maximum atomic E-state index is 13.0. The zero-order valence-electron chi connectivity index (χ0n) is 51.9. The average Bonchev–Trinajstić information content (AvgIpc) is 3.46. The van der Waals surface area contributed by atoms with Crippen LogP contribution in [0.4, 0.5) is 0 Å². The van der Waals surface area contributed by atoms with Gasteiger partial charge in [0.1, 0.15) is 24.4 Å². The second-order valence-electron chi connectivity index (χ2n) is 24.2. The van der Waals surface area contributed by atoms with E-state index in [4.69, 9.17) is 14.2 Å². The molecule has 6 N–H and O–H groups in total. The fourth-order valence-corrected chi connectivity index (χ4v) is 11.2. The molecular formula is C68H131NO10. The molecule has 0 spiro atoms. The van der Waals surface area contributed by atoms with Gasteiger partial charge >= 0.3 is 5.97 Å². The second-order valence-corrected chi connectivity index (χ2v) is 24.2. The Kier molecular flexibility index (Phi) is 55.5. The summed E-state index contributed by atoms with van der Waals surface area (Å²) in [7, 11) is 0. The first-order chi connectivity index (χ1) is 38.7. The number of hydrogen-bond donors (Lipinski definition) is 6. The van der Waals surface area contributed by atoms with Crippen molar-refractivity contribution in [2.24, 2.45) is 0 Å². The maximum absolute atomic E-state index is 13.0. The van der Waals surface area contributed by atoms with E-state index >= 15 is 0 Å². The molecule has 1 rings (SSSR count). The van der Waals surface area contributed by atoms with Crippen LogP contribution in [0, 0.1) is 0 Å². The number of aliphatic hydroxyl groups is 5. The highest BCUT2D eigenvalue weighted by molar-refractivity contribution is 5.76. The van der Waals surface area contributed by atoms with Gasteiger partial charge in [0.05, 0.1) is 32.0 Å². The molecule has 0 aromatic heterocycles. The van der Waals surface area contributed by atoms with Crippen LogP contribution in [0.3, 0.4) is 0 Å². The van der Waals surface area contributed by atoms with Gasteiger partial charge in [-0.05, 0) is 32.1 Å². The summed E-state index contributed by atoms with van der Waals surface area (Å²) >= 11 is 0. The number of carbonyl (C=O) groups is 2. The standard InChI is InChI=1S/C68H131NO10/c1-3-5-7-9-11-13-14-15-16-17-27-30-33-36-40-44-48-52-56-64(73)77-57-53-49-45-41-37-34-31-28-25-23-21-19-18-20-22-24-26-29-32-35-39-43-47-51-55-63(72)69-60(61(71)54-50-46-42-38-12-10-8-6-4-2)59-78-68-67(76)66(75)65(74)62(58-70)79-68/h50,54,60-62,65-68,70-71,74-76H,3-49,51-53,55-59H2,1-2H3,(H,69,72)/b54-50+. The Hall–Kier alpha value is -1.60. The zero-order valence-corrected chi connectivity index (χ0v) is 51.9. The highest BCUT2D eigenvalue weighted by atomic mass is 16.7. The summed E-state index contributed by atoms with van der Waals surface area (Å²) in [5, 5.41) is 54.3. The number of rotatable bonds is 61. The molecule has 0 saturated carbocycles. The Bertz CT molecular complexity index is 1320. The van der Waals surface area contributed by atoms with Crippen molar-refractivity contribution < 1.29 is 49.3 Å². The Morgan fingerprint density at radius 2 is 0.797 bits per heavy atom. The molecule has 0 bridgehead atoms. The molecule has 1 heterocycles. The van der Waals surface area contributed by atoms with Gasteiger partial charge in [-0.25, -0.2) is 0 Å². The molecule has 1 amide bonds. The topological polar surface area (TPSA) is 175 Å². The largest absolute Gasteiger partial charge is 0.466 e. The van der Waals surface area contributed by atoms with Crippen LogP contribution in [0.1, 0.15) is 348 Å². The minimum atomic E-state index is -1.57. The van der Waals surface area contributed by atoms with E-state index in [9.17, 15) is 35.1 Å². The number of esters is 1. The maximum Gasteiger partial charge on any atom is 0.305 e. The van der Waals surface area contributed by atoms with Crippen LogP contribution in [0.25, 0.3) is 0 Å². The molecule has 1 aliphatic rings. The van der Waals surface area contributed by atoms with E-state index in [-0.39, 0.29) is 18.5 Å². The van der Waals surface area contributed by atoms with E-state index < -0.39 is 49.5 Å². The zero-order chi connectivity index (χ0) is 57.3. The third-order valence-electron chi connectivity index (χ3n) is 16.7. The highest BCUT2D eigenvalue weighted by Crippen LogP contribution is 2.23. The van der Waals surface area contributed by atoms with Crippen molar-refractivity contribution in [3.8, 4) is 0 Å². The number of ether oxygens (including phenoxy) is 3. The van der Waals surface area contributed by atoms with E-state index in [0.717, 1.165) is 57.8 Å². The van der Waals surface area contributed by atoms with Crippen molar-refractivity contribution >= 4 is 11.9 Å². The molecule has 468 valence electrons. The monoisotopic (exact) mass is 1120 g/mol. The molecule has 1 aliphatic heterocycles. The van der Waals surface area contributed by atoms with Crippen LogP contribution >= 0.6 is 0 Å². The van der Waals surface area contributed by atoms with Crippen LogP contribution in [0.15, 0.2) is 12.2 Å². The highest BCUT2D eigenvalue weighted by Gasteiger charge is 2.44. The molecule has 7 unspecified atom stereocenters. The van der Waals surface area contributed by atoms with Gasteiger partial charge in [0.15, 0.2) is 6.29 Å². The lowest BCUT2D eigenvalue weighted by Gasteiger charge is -2.40. The summed E-state index contributed by atoms with van der Waals surface area (Å²) in [5.41, 5.74) is 0. The Labute approximate surface area is 487 Å². The third-order valence-corrected chi connectivity index (χ3v) is 16.7. The molecule has 0 aromatic rings. The summed E-state index contributed by atoms with van der Waals surface area (Å²) < 4.78 is 16.7. The van der Waals surface area contributed by atoms with E-state index in [1.165, 1.54) is 263 Å². The number of unbranched alkanes of at least 4 members (excludes halogenated alkanes) is 47. The molecule has 79 heavy (non-hydrogen) atoms. The van der Waals surface area contributed by atoms with Gasteiger partial charge < -0.3 is 45.1 Å². The number of aliphatic hydroxyl groups excluding tert-OH is 5. The van der Waals surface area contributed by atoms with Crippen LogP contribution in [0.2, 0.25) is 0 Å². The predicted molar refractivity (Wildman–Crippen MR) is 329 cm³/mol. The molecule has 11 heteroatoms. The minimum Gasteiger partial charge on any atom is -0.466 e. The Morgan fingerprint density at radius 1 is 0.456 bits per heavy atom. The van der Waals surface area contributed by atoms with E-state index in [1.54, 1.807) is 6.08 Å². The van der Waals surface area contributed by atoms with Crippen molar-refractivity contribution in [1.82, 2.24) is 5.32 Å². The lowest BCUT2D eigenvalue weighted by molar-refractivity contribution is -0.302. The molecule has 1 saturated heterocycles. The smallest absolute Gasteiger partial charge is 0.305 e. The lowest BCUT2D eigenvalue weighted by atomic mass is 9.99.